The van der Waals surface area contributed by atoms with E-state index in [1.807, 2.05) is 54.6 Å². The van der Waals surface area contributed by atoms with E-state index in [-0.39, 0.29) is 5.91 Å². The van der Waals surface area contributed by atoms with Gasteiger partial charge >= 0.3 is 0 Å². The van der Waals surface area contributed by atoms with Crippen LogP contribution in [0.2, 0.25) is 0 Å². The highest BCUT2D eigenvalue weighted by atomic mass is 16.5. The number of amides is 1. The number of carbonyl (C=O) groups excluding carboxylic acids is 1. The average Bonchev–Trinajstić information content (AvgIpc) is 3.03. The van der Waals surface area contributed by atoms with E-state index >= 15 is 0 Å². The van der Waals surface area contributed by atoms with E-state index in [0.717, 1.165) is 61.5 Å². The summed E-state index contributed by atoms with van der Waals surface area (Å²) >= 11 is 0. The van der Waals surface area contributed by atoms with Gasteiger partial charge < -0.3 is 29.7 Å². The van der Waals surface area contributed by atoms with Crippen LogP contribution >= 0.6 is 0 Å². The second kappa shape index (κ2) is 13.2. The number of rotatable bonds is 11. The van der Waals surface area contributed by atoms with Crippen molar-refractivity contribution in [2.75, 3.05) is 70.8 Å². The van der Waals surface area contributed by atoms with Gasteiger partial charge in [-0.1, -0.05) is 18.2 Å². The maximum absolute atomic E-state index is 13.3. The van der Waals surface area contributed by atoms with Gasteiger partial charge in [-0.15, -0.1) is 0 Å². The van der Waals surface area contributed by atoms with Gasteiger partial charge in [-0.3, -0.25) is 9.69 Å². The third kappa shape index (κ3) is 6.81. The number of piperazine rings is 1. The van der Waals surface area contributed by atoms with Gasteiger partial charge in [0.25, 0.3) is 5.91 Å². The van der Waals surface area contributed by atoms with Gasteiger partial charge in [-0.2, -0.15) is 0 Å². The van der Waals surface area contributed by atoms with Crippen LogP contribution in [0, 0.1) is 0 Å². The Hall–Kier alpha value is -4.50. The highest BCUT2D eigenvalue weighted by molar-refractivity contribution is 6.07. The quantitative estimate of drug-likeness (QED) is 0.252. The number of nitrogens with zero attached hydrogens (tertiary/aromatic N) is 3. The summed E-state index contributed by atoms with van der Waals surface area (Å²) in [5.41, 5.74) is 3.34. The van der Waals surface area contributed by atoms with Crippen molar-refractivity contribution >= 4 is 34.0 Å². The molecule has 3 aromatic carbocycles. The van der Waals surface area contributed by atoms with Crippen molar-refractivity contribution in [1.82, 2.24) is 15.2 Å². The summed E-state index contributed by atoms with van der Waals surface area (Å²) in [5.74, 6) is 2.60. The van der Waals surface area contributed by atoms with Crippen molar-refractivity contribution in [3.8, 4) is 17.2 Å². The number of carbonyl (C=O) groups is 1. The molecule has 0 spiro atoms. The lowest BCUT2D eigenvalue weighted by Gasteiger charge is -2.36. The molecule has 41 heavy (non-hydrogen) atoms. The van der Waals surface area contributed by atoms with Crippen LogP contribution in [0.3, 0.4) is 0 Å². The third-order valence-corrected chi connectivity index (χ3v) is 7.36. The number of benzene rings is 3. The number of fused-ring (bicyclic) bond motifs is 1. The summed E-state index contributed by atoms with van der Waals surface area (Å²) < 4.78 is 16.0. The standard InChI is InChI=1S/C32H37N5O4/c1-39-25-12-10-24(11-13-25)37-19-17-36(18-20-37)16-6-15-33-32(38)27-22-31(35-28-8-5-4-7-26(27)28)34-23-9-14-29(40-2)30(21-23)41-3/h4-5,7-14,21-22H,6,15-20H2,1-3H3,(H,33,38)(H,34,35). The van der Waals surface area contributed by atoms with Gasteiger partial charge in [-0.25, -0.2) is 4.98 Å². The maximum atomic E-state index is 13.3. The maximum Gasteiger partial charge on any atom is 0.252 e. The lowest BCUT2D eigenvalue weighted by atomic mass is 10.1. The Morgan fingerprint density at radius 1 is 0.854 bits per heavy atom. The zero-order valence-electron chi connectivity index (χ0n) is 23.9. The number of para-hydroxylation sites is 1. The predicted octanol–water partition coefficient (Wildman–Crippen LogP) is 4.95. The summed E-state index contributed by atoms with van der Waals surface area (Å²) in [6.07, 6.45) is 0.883. The zero-order chi connectivity index (χ0) is 28.6. The number of methoxy groups -OCH3 is 3. The normalized spacial score (nSPS) is 13.6. The van der Waals surface area contributed by atoms with Crippen molar-refractivity contribution in [3.05, 3.63) is 78.4 Å². The fourth-order valence-electron chi connectivity index (χ4n) is 5.11. The first-order chi connectivity index (χ1) is 20.1. The van der Waals surface area contributed by atoms with Crippen molar-refractivity contribution in [3.63, 3.8) is 0 Å². The molecule has 1 saturated heterocycles. The Labute approximate surface area is 241 Å². The Kier molecular flexibility index (Phi) is 9.05. The highest BCUT2D eigenvalue weighted by Crippen LogP contribution is 2.31. The minimum Gasteiger partial charge on any atom is -0.497 e. The molecule has 4 aromatic rings. The number of pyridine rings is 1. The molecular weight excluding hydrogens is 518 g/mol. The van der Waals surface area contributed by atoms with E-state index in [1.54, 1.807) is 27.4 Å². The van der Waals surface area contributed by atoms with Crippen molar-refractivity contribution in [2.24, 2.45) is 0 Å². The van der Waals surface area contributed by atoms with Crippen LogP contribution in [0.1, 0.15) is 16.8 Å². The van der Waals surface area contributed by atoms with Crippen molar-refractivity contribution in [2.45, 2.75) is 6.42 Å². The molecule has 1 aliphatic heterocycles. The highest BCUT2D eigenvalue weighted by Gasteiger charge is 2.18. The van der Waals surface area contributed by atoms with Gasteiger partial charge in [-0.05, 0) is 61.5 Å². The van der Waals surface area contributed by atoms with E-state index in [4.69, 9.17) is 19.2 Å². The molecule has 0 unspecified atom stereocenters. The number of aromatic nitrogens is 1. The molecule has 1 aromatic heterocycles. The summed E-state index contributed by atoms with van der Waals surface area (Å²) in [6.45, 7) is 5.52. The summed E-state index contributed by atoms with van der Waals surface area (Å²) in [7, 11) is 4.89. The Balaban J connectivity index is 1.16. The topological polar surface area (TPSA) is 88.2 Å². The molecule has 214 valence electrons. The number of ether oxygens (including phenoxy) is 3. The smallest absolute Gasteiger partial charge is 0.252 e. The van der Waals surface area contributed by atoms with Crippen LogP contribution in [0.25, 0.3) is 10.9 Å². The predicted molar refractivity (Wildman–Crippen MR) is 163 cm³/mol. The molecule has 2 N–H and O–H groups in total. The first-order valence-corrected chi connectivity index (χ1v) is 13.9. The molecule has 9 heteroatoms. The molecular formula is C32H37N5O4. The van der Waals surface area contributed by atoms with Gasteiger partial charge in [0.1, 0.15) is 11.6 Å². The lowest BCUT2D eigenvalue weighted by Crippen LogP contribution is -2.47. The van der Waals surface area contributed by atoms with Crippen LogP contribution in [0.4, 0.5) is 17.2 Å². The molecule has 1 amide bonds. The fraction of sp³-hybridized carbons (Fsp3) is 0.312. The molecule has 9 nitrogen and oxygen atoms in total. The van der Waals surface area contributed by atoms with Crippen LogP contribution in [-0.2, 0) is 0 Å². The largest absolute Gasteiger partial charge is 0.497 e. The third-order valence-electron chi connectivity index (χ3n) is 7.36. The molecule has 1 aliphatic rings. The van der Waals surface area contributed by atoms with E-state index in [2.05, 4.69) is 32.6 Å². The summed E-state index contributed by atoms with van der Waals surface area (Å²) in [6, 6.07) is 23.3. The molecule has 0 radical (unpaired) electrons. The van der Waals surface area contributed by atoms with Crippen LogP contribution in [-0.4, -0.2) is 76.4 Å². The van der Waals surface area contributed by atoms with Crippen LogP contribution in [0.15, 0.2) is 72.8 Å². The number of hydrogen-bond donors (Lipinski definition) is 2. The van der Waals surface area contributed by atoms with Gasteiger partial charge in [0.2, 0.25) is 0 Å². The zero-order valence-corrected chi connectivity index (χ0v) is 23.9. The molecule has 0 saturated carbocycles. The second-order valence-electron chi connectivity index (χ2n) is 9.90. The van der Waals surface area contributed by atoms with Gasteiger partial charge in [0.15, 0.2) is 11.5 Å². The van der Waals surface area contributed by atoms with E-state index < -0.39 is 0 Å². The average molecular weight is 556 g/mol. The van der Waals surface area contributed by atoms with Gasteiger partial charge in [0, 0.05) is 55.6 Å². The minimum atomic E-state index is -0.108. The van der Waals surface area contributed by atoms with Crippen LogP contribution in [0.5, 0.6) is 17.2 Å². The number of anilines is 3. The first kappa shape index (κ1) is 28.0. The van der Waals surface area contributed by atoms with Gasteiger partial charge in [0.05, 0.1) is 32.4 Å². The second-order valence-corrected chi connectivity index (χ2v) is 9.90. The molecule has 0 aliphatic carbocycles. The summed E-state index contributed by atoms with van der Waals surface area (Å²) in [5, 5.41) is 7.24. The fourth-order valence-corrected chi connectivity index (χ4v) is 5.11. The van der Waals surface area contributed by atoms with Crippen molar-refractivity contribution < 1.29 is 19.0 Å². The number of hydrogen-bond acceptors (Lipinski definition) is 8. The van der Waals surface area contributed by atoms with Crippen LogP contribution < -0.4 is 29.7 Å². The monoisotopic (exact) mass is 555 g/mol. The molecule has 5 rings (SSSR count). The molecule has 0 bridgehead atoms. The Bertz CT molecular complexity index is 1470. The Morgan fingerprint density at radius 2 is 1.61 bits per heavy atom. The Morgan fingerprint density at radius 3 is 2.34 bits per heavy atom. The van der Waals surface area contributed by atoms with Crippen molar-refractivity contribution in [1.29, 1.82) is 0 Å². The van der Waals surface area contributed by atoms with E-state index in [9.17, 15) is 4.79 Å². The first-order valence-electron chi connectivity index (χ1n) is 13.9. The lowest BCUT2D eigenvalue weighted by molar-refractivity contribution is 0.0953. The van der Waals surface area contributed by atoms with E-state index in [1.165, 1.54) is 5.69 Å². The summed E-state index contributed by atoms with van der Waals surface area (Å²) in [4.78, 5) is 22.9. The molecule has 0 atom stereocenters. The molecule has 1 fully saturated rings. The molecule has 2 heterocycles. The SMILES string of the molecule is COc1ccc(N2CCN(CCCNC(=O)c3cc(Nc4ccc(OC)c(OC)c4)nc4ccccc34)CC2)cc1. The number of nitrogens with one attached hydrogen (secondary N) is 2. The minimum absolute atomic E-state index is 0.108. The van der Waals surface area contributed by atoms with E-state index in [0.29, 0.717) is 29.4 Å².